The number of ether oxygens (including phenoxy) is 2. The summed E-state index contributed by atoms with van der Waals surface area (Å²) in [7, 11) is -8.51. The van der Waals surface area contributed by atoms with E-state index in [1.54, 1.807) is 16.8 Å². The van der Waals surface area contributed by atoms with E-state index < -0.39 is 77.8 Å². The second-order valence-corrected chi connectivity index (χ2v) is 12.0. The zero-order valence-corrected chi connectivity index (χ0v) is 24.2. The number of phosphoric ester groups is 1. The molecule has 2 unspecified atom stereocenters. The molecule has 44 heavy (non-hydrogen) atoms. The van der Waals surface area contributed by atoms with Gasteiger partial charge in [0.15, 0.2) is 17.4 Å². The molecule has 6 heterocycles. The van der Waals surface area contributed by atoms with Crippen molar-refractivity contribution in [2.24, 2.45) is 0 Å². The monoisotopic (exact) mass is 659 g/mol. The number of nitrogen functional groups attached to an aromatic ring is 2. The molecule has 6 rings (SSSR count). The number of nitrogens with zero attached hydrogens (tertiary/aromatic N) is 6. The van der Waals surface area contributed by atoms with Gasteiger partial charge >= 0.3 is 16.1 Å². The molecule has 23 heteroatoms. The molecule has 0 aromatic carbocycles. The molecule has 2 aliphatic heterocycles. The molecular formula is C21H27N9O12P2. The number of phosphoric acid groups is 1. The maximum atomic E-state index is 13.1. The minimum atomic E-state index is -5.05. The summed E-state index contributed by atoms with van der Waals surface area (Å²) in [5, 5.41) is 21.0. The van der Waals surface area contributed by atoms with Crippen molar-refractivity contribution in [1.82, 2.24) is 34.1 Å². The van der Waals surface area contributed by atoms with Crippen LogP contribution in [0.1, 0.15) is 18.9 Å². The summed E-state index contributed by atoms with van der Waals surface area (Å²) in [4.78, 5) is 50.7. The van der Waals surface area contributed by atoms with Crippen molar-refractivity contribution in [2.45, 2.75) is 49.4 Å². The van der Waals surface area contributed by atoms with Gasteiger partial charge in [0.2, 0.25) is 5.95 Å². The second-order valence-electron chi connectivity index (χ2n) is 9.85. The summed E-state index contributed by atoms with van der Waals surface area (Å²) in [5.74, 6) is -0.0242. The van der Waals surface area contributed by atoms with Crippen LogP contribution in [0.5, 0.6) is 0 Å². The number of nitrogens with one attached hydrogen (secondary N) is 1. The number of anilines is 2. The SMILES string of the molecule is Nc1nc2c(ncn2[C@@H]2O[C@H](CO)[C@H](O)[C@@H]2OP(=O)(O)OC[C@H]2O[C@@H](n3ccc4c(N)ncnc43)C[C@H]2O[PH](=O)O)c(=O)[nH]1. The van der Waals surface area contributed by atoms with Crippen LogP contribution in [0.25, 0.3) is 22.2 Å². The summed E-state index contributed by atoms with van der Waals surface area (Å²) in [5.41, 5.74) is 11.1. The number of imidazole rings is 1. The number of aromatic nitrogens is 7. The van der Waals surface area contributed by atoms with Crippen molar-refractivity contribution in [3.63, 3.8) is 0 Å². The fourth-order valence-electron chi connectivity index (χ4n) is 5.19. The number of nitrogens with two attached hydrogens (primary N) is 2. The maximum absolute atomic E-state index is 13.1. The van der Waals surface area contributed by atoms with Crippen molar-refractivity contribution in [3.05, 3.63) is 35.3 Å². The van der Waals surface area contributed by atoms with Gasteiger partial charge in [-0.3, -0.25) is 28.0 Å². The zero-order valence-electron chi connectivity index (χ0n) is 22.3. The molecule has 238 valence electrons. The second kappa shape index (κ2) is 11.9. The summed E-state index contributed by atoms with van der Waals surface area (Å²) >= 11 is 0. The highest BCUT2D eigenvalue weighted by Gasteiger charge is 2.50. The average Bonchev–Trinajstić information content (AvgIpc) is 3.73. The average molecular weight is 659 g/mol. The number of hydrogen-bond acceptors (Lipinski definition) is 16. The van der Waals surface area contributed by atoms with Gasteiger partial charge in [-0.25, -0.2) is 19.5 Å². The quantitative estimate of drug-likeness (QED) is 0.0956. The normalized spacial score (nSPS) is 29.4. The Morgan fingerprint density at radius 1 is 1.18 bits per heavy atom. The lowest BCUT2D eigenvalue weighted by molar-refractivity contribution is -0.0578. The molecule has 4 aromatic rings. The highest BCUT2D eigenvalue weighted by atomic mass is 31.2. The van der Waals surface area contributed by atoms with Crippen LogP contribution in [0, 0.1) is 0 Å². The van der Waals surface area contributed by atoms with Gasteiger partial charge in [0.25, 0.3) is 5.56 Å². The topological polar surface area (TPSA) is 308 Å². The van der Waals surface area contributed by atoms with E-state index in [0.717, 1.165) is 10.9 Å². The Labute approximate surface area is 245 Å². The van der Waals surface area contributed by atoms with Crippen LogP contribution >= 0.6 is 16.1 Å². The number of hydrogen-bond donors (Lipinski definition) is 7. The van der Waals surface area contributed by atoms with Crippen molar-refractivity contribution < 1.29 is 52.2 Å². The molecule has 0 radical (unpaired) electrons. The first kappa shape index (κ1) is 30.7. The number of fused-ring (bicyclic) bond motifs is 2. The Morgan fingerprint density at radius 2 is 1.98 bits per heavy atom. The largest absolute Gasteiger partial charge is 0.472 e. The Morgan fingerprint density at radius 3 is 2.73 bits per heavy atom. The molecule has 0 aliphatic carbocycles. The van der Waals surface area contributed by atoms with Crippen LogP contribution in [0.3, 0.4) is 0 Å². The van der Waals surface area contributed by atoms with Crippen molar-refractivity contribution >= 4 is 50.0 Å². The Bertz CT molecular complexity index is 1820. The fourth-order valence-corrected chi connectivity index (χ4v) is 6.62. The standard InChI is InChI=1S/C21H27N9O12P2/c22-16-8-1-2-29(17(8)25-6-24-16)12-3-9(41-43(34)35)11(39-12)5-38-44(36,37)42-15-14(32)10(4-31)40-20(15)30-7-26-13-18(30)27-21(23)28-19(13)33/h1-2,6-7,9-12,14-15,20,31-32,43H,3-5H2,(H,34,35)(H,36,37)(H2,22,24,25)(H3,23,27,28,33)/t9-,10-,11-,12-,14+,15+,20-/m1/s1. The van der Waals surface area contributed by atoms with Gasteiger partial charge in [-0.15, -0.1) is 0 Å². The molecular weight excluding hydrogens is 632 g/mol. The molecule has 2 saturated heterocycles. The van der Waals surface area contributed by atoms with Gasteiger partial charge in [0.1, 0.15) is 48.4 Å². The van der Waals surface area contributed by atoms with Crippen molar-refractivity contribution in [1.29, 1.82) is 0 Å². The third kappa shape index (κ3) is 5.75. The number of aliphatic hydroxyl groups is 2. The van der Waals surface area contributed by atoms with E-state index >= 15 is 0 Å². The Balaban J connectivity index is 1.20. The minimum absolute atomic E-state index is 0.0354. The molecule has 0 spiro atoms. The predicted octanol–water partition coefficient (Wildman–Crippen LogP) is -1.46. The predicted molar refractivity (Wildman–Crippen MR) is 147 cm³/mol. The van der Waals surface area contributed by atoms with E-state index in [0.29, 0.717) is 11.0 Å². The molecule has 0 saturated carbocycles. The first-order chi connectivity index (χ1) is 21.0. The molecule has 0 bridgehead atoms. The molecule has 9 atom stereocenters. The van der Waals surface area contributed by atoms with Gasteiger partial charge in [0, 0.05) is 12.6 Å². The molecule has 4 aromatic heterocycles. The highest BCUT2D eigenvalue weighted by molar-refractivity contribution is 7.47. The van der Waals surface area contributed by atoms with Gasteiger partial charge < -0.3 is 50.0 Å². The van der Waals surface area contributed by atoms with E-state index in [4.69, 9.17) is 34.5 Å². The van der Waals surface area contributed by atoms with Gasteiger partial charge in [-0.05, 0) is 6.07 Å². The summed E-state index contributed by atoms with van der Waals surface area (Å²) in [6.07, 6.45) is -4.91. The number of rotatable bonds is 10. The van der Waals surface area contributed by atoms with Crippen LogP contribution in [0.4, 0.5) is 11.8 Å². The van der Waals surface area contributed by atoms with Crippen LogP contribution in [0.2, 0.25) is 0 Å². The summed E-state index contributed by atoms with van der Waals surface area (Å²) in [6, 6.07) is 1.66. The van der Waals surface area contributed by atoms with Crippen molar-refractivity contribution in [2.75, 3.05) is 24.7 Å². The third-order valence-electron chi connectivity index (χ3n) is 7.16. The molecule has 21 nitrogen and oxygen atoms in total. The smallest absolute Gasteiger partial charge is 0.394 e. The van der Waals surface area contributed by atoms with Gasteiger partial charge in [-0.1, -0.05) is 0 Å². The number of aliphatic hydroxyl groups excluding tert-OH is 2. The van der Waals surface area contributed by atoms with Crippen LogP contribution in [-0.2, 0) is 32.2 Å². The number of aromatic amines is 1. The summed E-state index contributed by atoms with van der Waals surface area (Å²) < 4.78 is 54.6. The fraction of sp³-hybridized carbons (Fsp3) is 0.476. The third-order valence-corrected chi connectivity index (χ3v) is 8.65. The van der Waals surface area contributed by atoms with E-state index in [1.165, 1.54) is 6.33 Å². The summed E-state index contributed by atoms with van der Waals surface area (Å²) in [6.45, 7) is -1.35. The van der Waals surface area contributed by atoms with E-state index in [2.05, 4.69) is 24.9 Å². The maximum Gasteiger partial charge on any atom is 0.472 e. The van der Waals surface area contributed by atoms with Crippen LogP contribution in [0.15, 0.2) is 29.7 Å². The highest BCUT2D eigenvalue weighted by Crippen LogP contribution is 2.50. The van der Waals surface area contributed by atoms with E-state index in [1.807, 2.05) is 0 Å². The first-order valence-corrected chi connectivity index (χ1v) is 15.7. The number of H-pyrrole nitrogens is 1. The Hall–Kier alpha value is -3.33. The first-order valence-electron chi connectivity index (χ1n) is 12.9. The van der Waals surface area contributed by atoms with E-state index in [9.17, 15) is 33.9 Å². The Kier molecular flexibility index (Phi) is 8.28. The van der Waals surface area contributed by atoms with Crippen LogP contribution in [-0.4, -0.2) is 97.8 Å². The van der Waals surface area contributed by atoms with Gasteiger partial charge in [0.05, 0.1) is 31.0 Å². The molecule has 0 amide bonds. The molecule has 2 fully saturated rings. The lowest BCUT2D eigenvalue weighted by Gasteiger charge is -2.25. The minimum Gasteiger partial charge on any atom is -0.394 e. The van der Waals surface area contributed by atoms with E-state index in [-0.39, 0.29) is 29.4 Å². The van der Waals surface area contributed by atoms with Crippen molar-refractivity contribution in [3.8, 4) is 0 Å². The molecule has 9 N–H and O–H groups in total. The zero-order chi connectivity index (χ0) is 31.3. The van der Waals surface area contributed by atoms with Gasteiger partial charge in [-0.2, -0.15) is 4.98 Å². The molecule has 2 aliphatic rings. The lowest BCUT2D eigenvalue weighted by Crippen LogP contribution is -2.35. The van der Waals surface area contributed by atoms with Crippen LogP contribution < -0.4 is 17.0 Å². The lowest BCUT2D eigenvalue weighted by atomic mass is 10.1.